The highest BCUT2D eigenvalue weighted by atomic mass is 19.1. The van der Waals surface area contributed by atoms with E-state index in [0.717, 1.165) is 43.9 Å². The van der Waals surface area contributed by atoms with Crippen LogP contribution in [-0.2, 0) is 17.8 Å². The Labute approximate surface area is 171 Å². The monoisotopic (exact) mass is 397 g/mol. The molecule has 0 unspecified atom stereocenters. The topological polar surface area (TPSA) is 44.8 Å². The van der Waals surface area contributed by atoms with Crippen molar-refractivity contribution in [3.63, 3.8) is 0 Å². The average molecular weight is 397 g/mol. The number of rotatable bonds is 5. The first-order valence-corrected chi connectivity index (χ1v) is 10.3. The molecule has 0 saturated carbocycles. The number of piperazine rings is 1. The summed E-state index contributed by atoms with van der Waals surface area (Å²) in [6, 6.07) is 12.9. The predicted octanol–water partition coefficient (Wildman–Crippen LogP) is 2.83. The Morgan fingerprint density at radius 3 is 2.72 bits per heavy atom. The molecule has 1 amide bonds. The molecule has 5 nitrogen and oxygen atoms in total. The van der Waals surface area contributed by atoms with Crippen molar-refractivity contribution in [3.05, 3.63) is 59.4 Å². The molecule has 0 bridgehead atoms. The molecule has 2 heterocycles. The van der Waals surface area contributed by atoms with Gasteiger partial charge in [-0.15, -0.1) is 0 Å². The first-order chi connectivity index (χ1) is 14.1. The summed E-state index contributed by atoms with van der Waals surface area (Å²) in [5, 5.41) is 3.02. The lowest BCUT2D eigenvalue weighted by atomic mass is 9.83. The summed E-state index contributed by atoms with van der Waals surface area (Å²) in [6.07, 6.45) is 0.733. The molecule has 1 N–H and O–H groups in total. The summed E-state index contributed by atoms with van der Waals surface area (Å²) in [6.45, 7) is 5.90. The van der Waals surface area contributed by atoms with Crippen molar-refractivity contribution in [2.75, 3.05) is 38.2 Å². The number of carbonyl (C=O) groups excluding carboxylic acids is 1. The number of hydrogen-bond donors (Lipinski definition) is 1. The van der Waals surface area contributed by atoms with Crippen LogP contribution in [0, 0.1) is 11.7 Å². The highest BCUT2D eigenvalue weighted by Crippen LogP contribution is 2.38. The van der Waals surface area contributed by atoms with Gasteiger partial charge in [-0.05, 0) is 42.7 Å². The van der Waals surface area contributed by atoms with Crippen LogP contribution in [0.25, 0.3) is 0 Å². The van der Waals surface area contributed by atoms with Gasteiger partial charge in [0.1, 0.15) is 11.6 Å². The number of amides is 1. The van der Waals surface area contributed by atoms with Crippen LogP contribution in [0.2, 0.25) is 0 Å². The number of benzene rings is 2. The second-order valence-corrected chi connectivity index (χ2v) is 7.82. The van der Waals surface area contributed by atoms with Gasteiger partial charge in [0.2, 0.25) is 5.91 Å². The van der Waals surface area contributed by atoms with Crippen molar-refractivity contribution in [2.24, 2.45) is 5.92 Å². The number of fused-ring (bicyclic) bond motifs is 3. The third-order valence-electron chi connectivity index (χ3n) is 6.02. The van der Waals surface area contributed by atoms with Crippen molar-refractivity contribution >= 4 is 11.6 Å². The van der Waals surface area contributed by atoms with Crippen molar-refractivity contribution < 1.29 is 13.9 Å². The van der Waals surface area contributed by atoms with E-state index in [1.54, 1.807) is 7.11 Å². The van der Waals surface area contributed by atoms with Crippen molar-refractivity contribution in [1.82, 2.24) is 10.2 Å². The zero-order valence-corrected chi connectivity index (χ0v) is 17.0. The van der Waals surface area contributed by atoms with E-state index < -0.39 is 0 Å². The van der Waals surface area contributed by atoms with Crippen LogP contribution in [0.15, 0.2) is 42.5 Å². The first-order valence-electron chi connectivity index (χ1n) is 10.3. The van der Waals surface area contributed by atoms with Crippen LogP contribution in [0.5, 0.6) is 5.75 Å². The third-order valence-corrected chi connectivity index (χ3v) is 6.02. The van der Waals surface area contributed by atoms with E-state index in [1.807, 2.05) is 25.1 Å². The van der Waals surface area contributed by atoms with Crippen LogP contribution in [0.4, 0.5) is 10.1 Å². The predicted molar refractivity (Wildman–Crippen MR) is 112 cm³/mol. The Kier molecular flexibility index (Phi) is 5.72. The highest BCUT2D eigenvalue weighted by Gasteiger charge is 2.41. The molecule has 1 fully saturated rings. The van der Waals surface area contributed by atoms with Crippen LogP contribution >= 0.6 is 0 Å². The lowest BCUT2D eigenvalue weighted by Crippen LogP contribution is -2.60. The maximum absolute atomic E-state index is 13.2. The molecule has 0 aliphatic carbocycles. The molecule has 1 saturated heterocycles. The van der Waals surface area contributed by atoms with E-state index in [9.17, 15) is 9.18 Å². The number of carbonyl (C=O) groups is 1. The maximum atomic E-state index is 13.2. The molecule has 4 rings (SSSR count). The van der Waals surface area contributed by atoms with Crippen LogP contribution < -0.4 is 15.0 Å². The number of halogens is 1. The summed E-state index contributed by atoms with van der Waals surface area (Å²) in [4.78, 5) is 17.6. The Balaban J connectivity index is 1.59. The van der Waals surface area contributed by atoms with Gasteiger partial charge in [0.15, 0.2) is 0 Å². The summed E-state index contributed by atoms with van der Waals surface area (Å²) in [5.74, 6) is 0.653. The molecule has 2 aliphatic heterocycles. The van der Waals surface area contributed by atoms with Gasteiger partial charge in [-0.1, -0.05) is 18.2 Å². The van der Waals surface area contributed by atoms with Crippen LogP contribution in [0.3, 0.4) is 0 Å². The Hall–Kier alpha value is -2.60. The van der Waals surface area contributed by atoms with Gasteiger partial charge in [0.25, 0.3) is 0 Å². The van der Waals surface area contributed by atoms with Gasteiger partial charge in [-0.3, -0.25) is 9.69 Å². The number of nitrogens with zero attached hydrogens (tertiary/aromatic N) is 2. The fourth-order valence-corrected chi connectivity index (χ4v) is 4.56. The Bertz CT molecular complexity index is 871. The molecule has 0 radical (unpaired) electrons. The fraction of sp³-hybridized carbons (Fsp3) is 0.435. The standard InChI is InChI=1S/C23H28FN3O2/c1-3-25-23(28)20-12-17-6-9-19(29-2)13-21(17)27-11-10-26(15-22(20)27)14-16-4-7-18(24)8-5-16/h4-9,13,20,22H,3,10-12,14-15H2,1-2H3,(H,25,28)/t20-,22+/m0/s1. The Morgan fingerprint density at radius 2 is 2.00 bits per heavy atom. The van der Waals surface area contributed by atoms with E-state index >= 15 is 0 Å². The van der Waals surface area contributed by atoms with Crippen molar-refractivity contribution in [1.29, 1.82) is 0 Å². The minimum Gasteiger partial charge on any atom is -0.497 e. The minimum atomic E-state index is -0.215. The molecule has 2 aromatic carbocycles. The molecule has 6 heteroatoms. The normalized spacial score (nSPS) is 21.3. The molecule has 2 atom stereocenters. The largest absolute Gasteiger partial charge is 0.497 e. The number of methoxy groups -OCH3 is 1. The average Bonchev–Trinajstić information content (AvgIpc) is 2.74. The molecule has 29 heavy (non-hydrogen) atoms. The fourth-order valence-electron chi connectivity index (χ4n) is 4.56. The zero-order chi connectivity index (χ0) is 20.4. The SMILES string of the molecule is CCNC(=O)[C@H]1Cc2ccc(OC)cc2N2CCN(Cc3ccc(F)cc3)C[C@H]12. The van der Waals surface area contributed by atoms with Gasteiger partial charge in [0.05, 0.1) is 19.1 Å². The van der Waals surface area contributed by atoms with Crippen LogP contribution in [0.1, 0.15) is 18.1 Å². The molecule has 0 aromatic heterocycles. The second kappa shape index (κ2) is 8.41. The molecule has 2 aromatic rings. The van der Waals surface area contributed by atoms with Gasteiger partial charge < -0.3 is 15.0 Å². The van der Waals surface area contributed by atoms with Crippen LogP contribution in [-0.4, -0.2) is 50.1 Å². The van der Waals surface area contributed by atoms with Gasteiger partial charge in [-0.2, -0.15) is 0 Å². The van der Waals surface area contributed by atoms with Crippen molar-refractivity contribution in [2.45, 2.75) is 25.9 Å². The van der Waals surface area contributed by atoms with Gasteiger partial charge in [-0.25, -0.2) is 4.39 Å². The number of ether oxygens (including phenoxy) is 1. The number of nitrogens with one attached hydrogen (secondary N) is 1. The lowest BCUT2D eigenvalue weighted by Gasteiger charge is -2.49. The van der Waals surface area contributed by atoms with E-state index in [1.165, 1.54) is 23.4 Å². The molecule has 0 spiro atoms. The molecular weight excluding hydrogens is 369 g/mol. The Morgan fingerprint density at radius 1 is 1.21 bits per heavy atom. The molecule has 154 valence electrons. The minimum absolute atomic E-state index is 0.0909. The summed E-state index contributed by atoms with van der Waals surface area (Å²) in [7, 11) is 1.68. The summed E-state index contributed by atoms with van der Waals surface area (Å²) in [5.41, 5.74) is 3.47. The quantitative estimate of drug-likeness (QED) is 0.843. The zero-order valence-electron chi connectivity index (χ0n) is 17.0. The van der Waals surface area contributed by atoms with Gasteiger partial charge >= 0.3 is 0 Å². The van der Waals surface area contributed by atoms with E-state index in [4.69, 9.17) is 4.74 Å². The first kappa shape index (κ1) is 19.7. The second-order valence-electron chi connectivity index (χ2n) is 7.82. The summed E-state index contributed by atoms with van der Waals surface area (Å²) < 4.78 is 18.7. The summed E-state index contributed by atoms with van der Waals surface area (Å²) >= 11 is 0. The smallest absolute Gasteiger partial charge is 0.225 e. The van der Waals surface area contributed by atoms with E-state index in [2.05, 4.69) is 27.2 Å². The van der Waals surface area contributed by atoms with Gasteiger partial charge in [0, 0.05) is 44.5 Å². The molecule has 2 aliphatic rings. The van der Waals surface area contributed by atoms with Crippen molar-refractivity contribution in [3.8, 4) is 5.75 Å². The number of hydrogen-bond acceptors (Lipinski definition) is 4. The van der Waals surface area contributed by atoms with E-state index in [-0.39, 0.29) is 23.7 Å². The lowest BCUT2D eigenvalue weighted by molar-refractivity contribution is -0.126. The highest BCUT2D eigenvalue weighted by molar-refractivity contribution is 5.82. The van der Waals surface area contributed by atoms with E-state index in [0.29, 0.717) is 6.54 Å². The maximum Gasteiger partial charge on any atom is 0.225 e. The number of anilines is 1. The molecular formula is C23H28FN3O2. The third kappa shape index (κ3) is 4.08.